The Hall–Kier alpha value is -2.49. The van der Waals surface area contributed by atoms with Crippen molar-refractivity contribution in [2.24, 2.45) is 0 Å². The predicted molar refractivity (Wildman–Crippen MR) is 73.3 cm³/mol. The molecule has 0 saturated carbocycles. The fraction of sp³-hybridized carbons (Fsp3) is 0.133. The van der Waals surface area contributed by atoms with Gasteiger partial charge in [0.1, 0.15) is 12.4 Å². The second-order valence-electron chi connectivity index (χ2n) is 4.30. The highest BCUT2D eigenvalue weighted by molar-refractivity contribution is 5.95. The second kappa shape index (κ2) is 5.44. The lowest BCUT2D eigenvalue weighted by Gasteiger charge is -2.12. The van der Waals surface area contributed by atoms with Crippen LogP contribution >= 0.6 is 0 Å². The van der Waals surface area contributed by atoms with Crippen LogP contribution < -0.4 is 10.5 Å². The van der Waals surface area contributed by atoms with E-state index in [0.717, 1.165) is 11.1 Å². The Morgan fingerprint density at radius 1 is 1.26 bits per heavy atom. The molecule has 0 aromatic heterocycles. The van der Waals surface area contributed by atoms with Gasteiger partial charge >= 0.3 is 5.97 Å². The molecule has 0 spiro atoms. The standard InChI is InChI=1S/C15H15NO3/c1-10-7-12(15(17)18)14(16)13(8-10)19-9-11-5-3-2-4-6-11/h2-8H,9,16H2,1H3,(H,17,18). The number of ether oxygens (including phenoxy) is 1. The van der Waals surface area contributed by atoms with Gasteiger partial charge < -0.3 is 15.6 Å². The molecule has 98 valence electrons. The first-order valence-electron chi connectivity index (χ1n) is 5.88. The molecule has 4 nitrogen and oxygen atoms in total. The fourth-order valence-electron chi connectivity index (χ4n) is 1.80. The smallest absolute Gasteiger partial charge is 0.337 e. The molecule has 19 heavy (non-hydrogen) atoms. The van der Waals surface area contributed by atoms with Crippen LogP contribution in [-0.2, 0) is 6.61 Å². The lowest BCUT2D eigenvalue weighted by Crippen LogP contribution is -2.06. The first kappa shape index (κ1) is 13.0. The van der Waals surface area contributed by atoms with E-state index in [9.17, 15) is 4.79 Å². The Kier molecular flexibility index (Phi) is 3.71. The maximum Gasteiger partial charge on any atom is 0.337 e. The molecule has 3 N–H and O–H groups in total. The summed E-state index contributed by atoms with van der Waals surface area (Å²) in [6.45, 7) is 2.16. The summed E-state index contributed by atoms with van der Waals surface area (Å²) < 4.78 is 5.61. The maximum absolute atomic E-state index is 11.1. The van der Waals surface area contributed by atoms with Crippen molar-refractivity contribution in [2.45, 2.75) is 13.5 Å². The van der Waals surface area contributed by atoms with Crippen LogP contribution in [0, 0.1) is 6.92 Å². The van der Waals surface area contributed by atoms with E-state index in [2.05, 4.69) is 0 Å². The van der Waals surface area contributed by atoms with Crippen LogP contribution in [0.15, 0.2) is 42.5 Å². The Morgan fingerprint density at radius 2 is 1.95 bits per heavy atom. The van der Waals surface area contributed by atoms with E-state index in [-0.39, 0.29) is 11.3 Å². The van der Waals surface area contributed by atoms with Gasteiger partial charge in [0.2, 0.25) is 0 Å². The first-order valence-corrected chi connectivity index (χ1v) is 5.88. The number of aryl methyl sites for hydroxylation is 1. The highest BCUT2D eigenvalue weighted by Crippen LogP contribution is 2.28. The SMILES string of the molecule is Cc1cc(OCc2ccccc2)c(N)c(C(=O)O)c1. The summed E-state index contributed by atoms with van der Waals surface area (Å²) in [7, 11) is 0. The monoisotopic (exact) mass is 257 g/mol. The van der Waals surface area contributed by atoms with Gasteiger partial charge in [0, 0.05) is 0 Å². The average Bonchev–Trinajstić information content (AvgIpc) is 2.40. The average molecular weight is 257 g/mol. The van der Waals surface area contributed by atoms with Crippen molar-refractivity contribution in [1.82, 2.24) is 0 Å². The van der Waals surface area contributed by atoms with Gasteiger partial charge in [0.05, 0.1) is 11.3 Å². The van der Waals surface area contributed by atoms with Crippen LogP contribution in [0.5, 0.6) is 5.75 Å². The summed E-state index contributed by atoms with van der Waals surface area (Å²) in [5.74, 6) is -0.646. The zero-order valence-corrected chi connectivity index (χ0v) is 10.6. The molecule has 4 heteroatoms. The van der Waals surface area contributed by atoms with Crippen LogP contribution in [0.4, 0.5) is 5.69 Å². The van der Waals surface area contributed by atoms with E-state index < -0.39 is 5.97 Å². The maximum atomic E-state index is 11.1. The fourth-order valence-corrected chi connectivity index (χ4v) is 1.80. The van der Waals surface area contributed by atoms with Crippen molar-refractivity contribution in [3.05, 3.63) is 59.2 Å². The number of anilines is 1. The van der Waals surface area contributed by atoms with Crippen molar-refractivity contribution in [3.8, 4) is 5.75 Å². The van der Waals surface area contributed by atoms with Gasteiger partial charge in [-0.25, -0.2) is 4.79 Å². The molecule has 0 radical (unpaired) electrons. The number of carbonyl (C=O) groups is 1. The predicted octanol–water partition coefficient (Wildman–Crippen LogP) is 2.85. The van der Waals surface area contributed by atoms with Crippen molar-refractivity contribution in [1.29, 1.82) is 0 Å². The highest BCUT2D eigenvalue weighted by atomic mass is 16.5. The number of carboxylic acids is 1. The molecular formula is C15H15NO3. The molecule has 0 heterocycles. The van der Waals surface area contributed by atoms with Crippen molar-refractivity contribution in [3.63, 3.8) is 0 Å². The Labute approximate surface area is 111 Å². The molecule has 0 aliphatic heterocycles. The summed E-state index contributed by atoms with van der Waals surface area (Å²) >= 11 is 0. The zero-order valence-electron chi connectivity index (χ0n) is 10.6. The van der Waals surface area contributed by atoms with Crippen LogP contribution in [0.1, 0.15) is 21.5 Å². The molecule has 0 saturated heterocycles. The van der Waals surface area contributed by atoms with Crippen LogP contribution in [0.25, 0.3) is 0 Å². The molecule has 0 bridgehead atoms. The van der Waals surface area contributed by atoms with E-state index in [1.807, 2.05) is 30.3 Å². The molecule has 0 aliphatic carbocycles. The number of aromatic carboxylic acids is 1. The van der Waals surface area contributed by atoms with Crippen molar-refractivity contribution < 1.29 is 14.6 Å². The van der Waals surface area contributed by atoms with Crippen LogP contribution in [-0.4, -0.2) is 11.1 Å². The van der Waals surface area contributed by atoms with Gasteiger partial charge in [0.15, 0.2) is 0 Å². The van der Waals surface area contributed by atoms with E-state index in [4.69, 9.17) is 15.6 Å². The van der Waals surface area contributed by atoms with Gasteiger partial charge in [-0.1, -0.05) is 30.3 Å². The molecule has 2 aromatic rings. The van der Waals surface area contributed by atoms with Gasteiger partial charge in [-0.05, 0) is 30.2 Å². The van der Waals surface area contributed by atoms with E-state index in [1.165, 1.54) is 6.07 Å². The number of benzene rings is 2. The number of hydrogen-bond donors (Lipinski definition) is 2. The lowest BCUT2D eigenvalue weighted by molar-refractivity contribution is 0.0697. The van der Waals surface area contributed by atoms with Gasteiger partial charge in [0.25, 0.3) is 0 Å². The molecule has 0 fully saturated rings. The Bertz CT molecular complexity index is 594. The van der Waals surface area contributed by atoms with Gasteiger partial charge in [-0.3, -0.25) is 0 Å². The topological polar surface area (TPSA) is 72.5 Å². The third-order valence-corrected chi connectivity index (χ3v) is 2.75. The number of nitrogens with two attached hydrogens (primary N) is 1. The van der Waals surface area contributed by atoms with E-state index >= 15 is 0 Å². The minimum absolute atomic E-state index is 0.0723. The molecule has 0 amide bonds. The summed E-state index contributed by atoms with van der Waals surface area (Å²) in [4.78, 5) is 11.1. The molecule has 0 aliphatic rings. The summed E-state index contributed by atoms with van der Waals surface area (Å²) in [6.07, 6.45) is 0. The molecule has 0 atom stereocenters. The Morgan fingerprint density at radius 3 is 2.58 bits per heavy atom. The van der Waals surface area contributed by atoms with Gasteiger partial charge in [-0.15, -0.1) is 0 Å². The number of hydrogen-bond acceptors (Lipinski definition) is 3. The molecule has 0 unspecified atom stereocenters. The van der Waals surface area contributed by atoms with Crippen LogP contribution in [0.3, 0.4) is 0 Å². The van der Waals surface area contributed by atoms with Crippen molar-refractivity contribution >= 4 is 11.7 Å². The largest absolute Gasteiger partial charge is 0.487 e. The second-order valence-corrected chi connectivity index (χ2v) is 4.30. The van der Waals surface area contributed by atoms with Crippen LogP contribution in [0.2, 0.25) is 0 Å². The first-order chi connectivity index (χ1) is 9.08. The quantitative estimate of drug-likeness (QED) is 0.826. The lowest BCUT2D eigenvalue weighted by atomic mass is 10.1. The summed E-state index contributed by atoms with van der Waals surface area (Å²) in [5.41, 5.74) is 7.85. The highest BCUT2D eigenvalue weighted by Gasteiger charge is 2.13. The van der Waals surface area contributed by atoms with Gasteiger partial charge in [-0.2, -0.15) is 0 Å². The third kappa shape index (κ3) is 3.04. The van der Waals surface area contributed by atoms with Crippen molar-refractivity contribution in [2.75, 3.05) is 5.73 Å². The number of nitrogen functional groups attached to an aromatic ring is 1. The summed E-state index contributed by atoms with van der Waals surface area (Å²) in [6, 6.07) is 12.9. The van der Waals surface area contributed by atoms with E-state index in [1.54, 1.807) is 13.0 Å². The Balaban J connectivity index is 2.23. The normalized spacial score (nSPS) is 10.2. The molecule has 2 rings (SSSR count). The number of rotatable bonds is 4. The molecule has 2 aromatic carbocycles. The number of carboxylic acid groups (broad SMARTS) is 1. The molecular weight excluding hydrogens is 242 g/mol. The minimum atomic E-state index is -1.05. The summed E-state index contributed by atoms with van der Waals surface area (Å²) in [5, 5.41) is 9.06. The zero-order chi connectivity index (χ0) is 13.8. The third-order valence-electron chi connectivity index (χ3n) is 2.75. The minimum Gasteiger partial charge on any atom is -0.487 e. The van der Waals surface area contributed by atoms with E-state index in [0.29, 0.717) is 12.4 Å².